The first-order valence-corrected chi connectivity index (χ1v) is 18.0. The van der Waals surface area contributed by atoms with Crippen LogP contribution in [-0.2, 0) is 46.4 Å². The summed E-state index contributed by atoms with van der Waals surface area (Å²) in [6.07, 6.45) is 4.23. The van der Waals surface area contributed by atoms with Gasteiger partial charge in [0.25, 0.3) is 0 Å². The molecule has 3 aliphatic heterocycles. The van der Waals surface area contributed by atoms with Gasteiger partial charge in [-0.3, -0.25) is 19.2 Å². The molecule has 0 unspecified atom stereocenters. The van der Waals surface area contributed by atoms with Crippen LogP contribution in [0.1, 0.15) is 55.7 Å². The first-order chi connectivity index (χ1) is 24.6. The number of ether oxygens (including phenoxy) is 3. The molecule has 3 saturated carbocycles. The molecule has 6 fully saturated rings. The summed E-state index contributed by atoms with van der Waals surface area (Å²) >= 11 is 0. The Morgan fingerprint density at radius 2 is 1.75 bits per heavy atom. The molecule has 272 valence electrons. The number of hydroxylamine groups is 2. The fourth-order valence-electron chi connectivity index (χ4n) is 8.56. The van der Waals surface area contributed by atoms with Gasteiger partial charge in [-0.1, -0.05) is 54.6 Å². The van der Waals surface area contributed by atoms with E-state index >= 15 is 0 Å². The number of benzene rings is 2. The Labute approximate surface area is 295 Å². The van der Waals surface area contributed by atoms with Gasteiger partial charge in [-0.05, 0) is 61.8 Å². The zero-order chi connectivity index (χ0) is 35.5. The van der Waals surface area contributed by atoms with Crippen molar-refractivity contribution < 1.29 is 48.8 Å². The van der Waals surface area contributed by atoms with Gasteiger partial charge in [-0.25, -0.2) is 0 Å². The van der Waals surface area contributed by atoms with Crippen molar-refractivity contribution in [1.29, 1.82) is 0 Å². The highest BCUT2D eigenvalue weighted by molar-refractivity contribution is 5.96. The zero-order valence-corrected chi connectivity index (χ0v) is 28.5. The van der Waals surface area contributed by atoms with Crippen molar-refractivity contribution in [3.63, 3.8) is 0 Å². The lowest BCUT2D eigenvalue weighted by atomic mass is 9.62. The fourth-order valence-corrected chi connectivity index (χ4v) is 8.56. The van der Waals surface area contributed by atoms with Crippen LogP contribution in [0.3, 0.4) is 0 Å². The van der Waals surface area contributed by atoms with E-state index in [-0.39, 0.29) is 43.7 Å². The van der Waals surface area contributed by atoms with Crippen molar-refractivity contribution in [2.45, 2.75) is 100 Å². The third-order valence-corrected chi connectivity index (χ3v) is 11.3. The van der Waals surface area contributed by atoms with E-state index in [9.17, 15) is 29.7 Å². The molecule has 5 N–H and O–H groups in total. The Morgan fingerprint density at radius 1 is 1.04 bits per heavy atom. The largest absolute Gasteiger partial charge is 0.508 e. The number of phenols is 1. The summed E-state index contributed by atoms with van der Waals surface area (Å²) < 4.78 is 19.7. The van der Waals surface area contributed by atoms with Crippen molar-refractivity contribution in [2.24, 2.45) is 17.3 Å². The number of nitrogens with one attached hydrogen (secondary N) is 2. The quantitative estimate of drug-likeness (QED) is 0.192. The molecule has 3 saturated heterocycles. The number of esters is 1. The first-order valence-electron chi connectivity index (χ1n) is 18.0. The topological polar surface area (TPSA) is 176 Å². The minimum absolute atomic E-state index is 0.0514. The van der Waals surface area contributed by atoms with Gasteiger partial charge >= 0.3 is 5.97 Å². The van der Waals surface area contributed by atoms with E-state index in [1.54, 1.807) is 12.1 Å². The molecule has 13 nitrogen and oxygen atoms in total. The monoisotopic (exact) mass is 703 g/mol. The van der Waals surface area contributed by atoms with Crippen molar-refractivity contribution in [3.8, 4) is 5.75 Å². The van der Waals surface area contributed by atoms with Gasteiger partial charge in [-0.2, -0.15) is 5.06 Å². The van der Waals surface area contributed by atoms with Crippen LogP contribution in [-0.4, -0.2) is 99.7 Å². The highest BCUT2D eigenvalue weighted by atomic mass is 16.8. The molecule has 8 rings (SSSR count). The van der Waals surface area contributed by atoms with Crippen LogP contribution in [0.15, 0.2) is 54.6 Å². The minimum atomic E-state index is -1.51. The number of aliphatic hydroxyl groups excluding tert-OH is 2. The summed E-state index contributed by atoms with van der Waals surface area (Å²) in [6.45, 7) is 1.19. The number of allylic oxidation sites excluding steroid dienone is 1. The normalized spacial score (nSPS) is 31.9. The number of aromatic hydroxyl groups is 1. The Bertz CT molecular complexity index is 1680. The maximum absolute atomic E-state index is 14.7. The number of nitrogens with zero attached hydrogens (tertiary/aromatic N) is 1. The van der Waals surface area contributed by atoms with E-state index in [2.05, 4.69) is 10.6 Å². The Morgan fingerprint density at radius 3 is 2.41 bits per heavy atom. The summed E-state index contributed by atoms with van der Waals surface area (Å²) in [5.74, 6) is -2.00. The first kappa shape index (κ1) is 34.2. The van der Waals surface area contributed by atoms with Crippen molar-refractivity contribution >= 4 is 23.9 Å². The minimum Gasteiger partial charge on any atom is -0.508 e. The van der Waals surface area contributed by atoms with Gasteiger partial charge in [0.1, 0.15) is 41.6 Å². The van der Waals surface area contributed by atoms with E-state index in [1.165, 1.54) is 12.0 Å². The number of phenolic OH excluding ortho intramolecular Hbond substituents is 1. The molecule has 2 amide bonds. The average Bonchev–Trinajstić information content (AvgIpc) is 4.06. The van der Waals surface area contributed by atoms with Crippen LogP contribution >= 0.6 is 0 Å². The number of carbonyl (C=O) groups is 3. The van der Waals surface area contributed by atoms with E-state index in [1.807, 2.05) is 48.6 Å². The average molecular weight is 704 g/mol. The second kappa shape index (κ2) is 13.3. The van der Waals surface area contributed by atoms with Crippen LogP contribution < -0.4 is 10.6 Å². The maximum Gasteiger partial charge on any atom is 0.327 e. The van der Waals surface area contributed by atoms with Crippen LogP contribution in [0, 0.1) is 17.3 Å². The molecule has 0 spiro atoms. The van der Waals surface area contributed by atoms with Gasteiger partial charge in [0.2, 0.25) is 11.8 Å². The summed E-state index contributed by atoms with van der Waals surface area (Å²) in [7, 11) is 0. The van der Waals surface area contributed by atoms with E-state index in [0.29, 0.717) is 6.42 Å². The second-order valence-electron chi connectivity index (χ2n) is 14.8. The second-order valence-corrected chi connectivity index (χ2v) is 14.8. The van der Waals surface area contributed by atoms with Crippen LogP contribution in [0.2, 0.25) is 0 Å². The van der Waals surface area contributed by atoms with E-state index < -0.39 is 71.6 Å². The van der Waals surface area contributed by atoms with Crippen LogP contribution in [0.25, 0.3) is 6.08 Å². The molecule has 51 heavy (non-hydrogen) atoms. The number of hydrogen-bond donors (Lipinski definition) is 5. The van der Waals surface area contributed by atoms with Gasteiger partial charge in [-0.15, -0.1) is 0 Å². The highest BCUT2D eigenvalue weighted by Gasteiger charge is 2.78. The summed E-state index contributed by atoms with van der Waals surface area (Å²) in [4.78, 5) is 48.3. The predicted octanol–water partition coefficient (Wildman–Crippen LogP) is 1.72. The number of fused-ring (bicyclic) bond motifs is 4. The molecular formula is C38H45N3O10. The van der Waals surface area contributed by atoms with E-state index in [0.717, 1.165) is 42.4 Å². The smallest absolute Gasteiger partial charge is 0.327 e. The molecule has 3 heterocycles. The predicted molar refractivity (Wildman–Crippen MR) is 180 cm³/mol. The molecule has 0 aromatic heterocycles. The molecule has 3 aliphatic carbocycles. The Kier molecular flexibility index (Phi) is 8.92. The molecule has 13 heteroatoms. The van der Waals surface area contributed by atoms with Gasteiger partial charge in [0.15, 0.2) is 11.8 Å². The molecule has 0 radical (unpaired) electrons. The number of amides is 2. The van der Waals surface area contributed by atoms with Gasteiger partial charge < -0.3 is 40.2 Å². The number of carbonyl (C=O) groups excluding carboxylic acids is 3. The van der Waals surface area contributed by atoms with Crippen molar-refractivity contribution in [2.75, 3.05) is 13.2 Å². The summed E-state index contributed by atoms with van der Waals surface area (Å²) in [6, 6.07) is 12.4. The lowest BCUT2D eigenvalue weighted by Crippen LogP contribution is -2.71. The standard InChI is InChI=1S/C38H45N3O10/c1-21(43)29(34(45)39-17-18-42)40-36(47)37-19-28-30-31(50-38(49-30,25-13-14-25)26-15-16-26)33(37)51-41(32(37)35(46)48-28)20-23-11-9-22(10-12-23)5-4-7-24-6-2-3-8-27(24)44/h2-6,8-12,21,25-26,28-33,42-44H,7,13-20H2,1H3,(H,39,45)(H,40,47)/t21-,28+,29+,30-,31-,32-,33+,37-/m0/s1. The number of para-hydroxylation sites is 1. The zero-order valence-electron chi connectivity index (χ0n) is 28.5. The molecule has 6 aliphatic rings. The van der Waals surface area contributed by atoms with Gasteiger partial charge in [0, 0.05) is 24.8 Å². The van der Waals surface area contributed by atoms with Gasteiger partial charge in [0.05, 0.1) is 19.3 Å². The molecule has 2 aromatic rings. The third kappa shape index (κ3) is 6.03. The Hall–Kier alpha value is -3.85. The number of hydrogen-bond acceptors (Lipinski definition) is 11. The van der Waals surface area contributed by atoms with Crippen LogP contribution in [0.5, 0.6) is 5.75 Å². The van der Waals surface area contributed by atoms with Crippen LogP contribution in [0.4, 0.5) is 0 Å². The number of rotatable bonds is 13. The molecule has 8 atom stereocenters. The molecule has 2 bridgehead atoms. The highest BCUT2D eigenvalue weighted by Crippen LogP contribution is 2.63. The summed E-state index contributed by atoms with van der Waals surface area (Å²) in [5, 5.41) is 36.6. The fraction of sp³-hybridized carbons (Fsp3) is 0.553. The lowest BCUT2D eigenvalue weighted by molar-refractivity contribution is -0.235. The maximum atomic E-state index is 14.7. The number of aliphatic hydroxyl groups is 2. The Balaban J connectivity index is 1.08. The van der Waals surface area contributed by atoms with Crippen molar-refractivity contribution in [1.82, 2.24) is 15.7 Å². The van der Waals surface area contributed by atoms with E-state index in [4.69, 9.17) is 19.0 Å². The third-order valence-electron chi connectivity index (χ3n) is 11.3. The molecule has 2 aromatic carbocycles. The van der Waals surface area contributed by atoms with Crippen molar-refractivity contribution in [3.05, 3.63) is 71.3 Å². The lowest BCUT2D eigenvalue weighted by Gasteiger charge is -2.49. The SMILES string of the molecule is C[C@H](O)[C@@H](NC(=O)[C@@]12C[C@H]3OC(=O)[C@@H]1N(Cc1ccc(C=CCc4ccccc4O)cc1)O[C@@H]2[C@H]1OC(C2CC2)(C2CC2)O[C@H]13)C(=O)NCCO. The summed E-state index contributed by atoms with van der Waals surface area (Å²) in [5.41, 5.74) is 1.09. The molecular weight excluding hydrogens is 658 g/mol.